The number of halogens is 1. The van der Waals surface area contributed by atoms with E-state index in [2.05, 4.69) is 20.0 Å². The quantitative estimate of drug-likeness (QED) is 0.745. The van der Waals surface area contributed by atoms with Crippen molar-refractivity contribution in [3.8, 4) is 5.82 Å². The number of anilines is 2. The predicted octanol–water partition coefficient (Wildman–Crippen LogP) is 2.57. The molecular formula is C19H21FN6O. The number of nitrogen functional groups attached to an aromatic ring is 1. The topological polar surface area (TPSA) is 82.1 Å². The van der Waals surface area contributed by atoms with Crippen molar-refractivity contribution in [2.45, 2.75) is 25.6 Å². The SMILES string of the molecule is Nc1c(N2CCC(OCc3ccc(F)cc3)CC2)ncnc1-n1cccn1. The van der Waals surface area contributed by atoms with Crippen LogP contribution in [0, 0.1) is 5.82 Å². The minimum Gasteiger partial charge on any atom is -0.393 e. The summed E-state index contributed by atoms with van der Waals surface area (Å²) in [6.45, 7) is 2.09. The lowest BCUT2D eigenvalue weighted by molar-refractivity contribution is 0.0250. The van der Waals surface area contributed by atoms with Gasteiger partial charge < -0.3 is 15.4 Å². The summed E-state index contributed by atoms with van der Waals surface area (Å²) in [7, 11) is 0. The van der Waals surface area contributed by atoms with Crippen molar-refractivity contribution in [3.05, 3.63) is 60.4 Å². The summed E-state index contributed by atoms with van der Waals surface area (Å²) in [5, 5.41) is 4.19. The summed E-state index contributed by atoms with van der Waals surface area (Å²) in [4.78, 5) is 10.8. The lowest BCUT2D eigenvalue weighted by Gasteiger charge is -2.33. The van der Waals surface area contributed by atoms with Crippen molar-refractivity contribution < 1.29 is 9.13 Å². The summed E-state index contributed by atoms with van der Waals surface area (Å²) >= 11 is 0. The molecule has 3 aromatic rings. The van der Waals surface area contributed by atoms with E-state index < -0.39 is 0 Å². The fourth-order valence-electron chi connectivity index (χ4n) is 3.23. The first-order chi connectivity index (χ1) is 13.2. The van der Waals surface area contributed by atoms with Gasteiger partial charge in [-0.1, -0.05) is 12.1 Å². The van der Waals surface area contributed by atoms with Gasteiger partial charge >= 0.3 is 0 Å². The van der Waals surface area contributed by atoms with Crippen LogP contribution in [-0.4, -0.2) is 38.9 Å². The third-order valence-electron chi connectivity index (χ3n) is 4.70. The second kappa shape index (κ2) is 7.71. The Hall–Kier alpha value is -3.00. The zero-order chi connectivity index (χ0) is 18.6. The maximum absolute atomic E-state index is 13.0. The molecule has 3 heterocycles. The van der Waals surface area contributed by atoms with Gasteiger partial charge in [0.1, 0.15) is 17.8 Å². The number of aromatic nitrogens is 4. The van der Waals surface area contributed by atoms with Gasteiger partial charge in [-0.2, -0.15) is 5.10 Å². The van der Waals surface area contributed by atoms with Crippen LogP contribution in [0.25, 0.3) is 5.82 Å². The summed E-state index contributed by atoms with van der Waals surface area (Å²) in [5.74, 6) is 1.08. The lowest BCUT2D eigenvalue weighted by Crippen LogP contribution is -2.38. The largest absolute Gasteiger partial charge is 0.393 e. The van der Waals surface area contributed by atoms with E-state index in [1.165, 1.54) is 18.5 Å². The van der Waals surface area contributed by atoms with Crippen molar-refractivity contribution in [2.75, 3.05) is 23.7 Å². The van der Waals surface area contributed by atoms with Gasteiger partial charge in [0.15, 0.2) is 11.6 Å². The van der Waals surface area contributed by atoms with E-state index in [9.17, 15) is 4.39 Å². The minimum atomic E-state index is -0.232. The summed E-state index contributed by atoms with van der Waals surface area (Å²) in [6.07, 6.45) is 6.92. The Morgan fingerprint density at radius 1 is 1.11 bits per heavy atom. The Balaban J connectivity index is 1.37. The van der Waals surface area contributed by atoms with Crippen LogP contribution in [0.3, 0.4) is 0 Å². The maximum atomic E-state index is 13.0. The Kier molecular flexibility index (Phi) is 4.97. The van der Waals surface area contributed by atoms with Crippen molar-refractivity contribution in [3.63, 3.8) is 0 Å². The number of rotatable bonds is 5. The molecule has 27 heavy (non-hydrogen) atoms. The molecule has 1 aliphatic heterocycles. The molecule has 0 atom stereocenters. The third-order valence-corrected chi connectivity index (χ3v) is 4.70. The highest BCUT2D eigenvalue weighted by Gasteiger charge is 2.23. The Morgan fingerprint density at radius 3 is 2.56 bits per heavy atom. The van der Waals surface area contributed by atoms with Crippen molar-refractivity contribution in [1.29, 1.82) is 0 Å². The average molecular weight is 368 g/mol. The Labute approximate surface area is 156 Å². The molecule has 0 saturated carbocycles. The number of nitrogens with two attached hydrogens (primary N) is 1. The van der Waals surface area contributed by atoms with E-state index in [-0.39, 0.29) is 11.9 Å². The van der Waals surface area contributed by atoms with Crippen LogP contribution >= 0.6 is 0 Å². The van der Waals surface area contributed by atoms with E-state index in [0.717, 1.165) is 37.3 Å². The molecule has 0 radical (unpaired) electrons. The molecule has 0 spiro atoms. The summed E-state index contributed by atoms with van der Waals surface area (Å²) in [5.41, 5.74) is 7.79. The molecule has 8 heteroatoms. The first-order valence-corrected chi connectivity index (χ1v) is 8.92. The van der Waals surface area contributed by atoms with Crippen LogP contribution in [0.5, 0.6) is 0 Å². The lowest BCUT2D eigenvalue weighted by atomic mass is 10.1. The second-order valence-electron chi connectivity index (χ2n) is 6.51. The van der Waals surface area contributed by atoms with Gasteiger partial charge in [-0.15, -0.1) is 0 Å². The average Bonchev–Trinajstić information content (AvgIpc) is 3.23. The van der Waals surface area contributed by atoms with E-state index in [1.54, 1.807) is 29.2 Å². The molecule has 2 aromatic heterocycles. The van der Waals surface area contributed by atoms with Gasteiger partial charge in [0, 0.05) is 25.5 Å². The monoisotopic (exact) mass is 368 g/mol. The maximum Gasteiger partial charge on any atom is 0.181 e. The van der Waals surface area contributed by atoms with E-state index >= 15 is 0 Å². The van der Waals surface area contributed by atoms with Gasteiger partial charge in [0.05, 0.1) is 12.7 Å². The molecule has 1 aromatic carbocycles. The van der Waals surface area contributed by atoms with E-state index in [0.29, 0.717) is 18.1 Å². The van der Waals surface area contributed by atoms with Gasteiger partial charge in [-0.25, -0.2) is 19.0 Å². The normalized spacial score (nSPS) is 15.2. The molecule has 0 bridgehead atoms. The first-order valence-electron chi connectivity index (χ1n) is 8.92. The zero-order valence-corrected chi connectivity index (χ0v) is 14.8. The fraction of sp³-hybridized carbons (Fsp3) is 0.316. The van der Waals surface area contributed by atoms with E-state index in [1.807, 2.05) is 6.07 Å². The van der Waals surface area contributed by atoms with Crippen LogP contribution in [0.2, 0.25) is 0 Å². The van der Waals surface area contributed by atoms with Gasteiger partial charge in [0.2, 0.25) is 0 Å². The zero-order valence-electron chi connectivity index (χ0n) is 14.8. The van der Waals surface area contributed by atoms with Gasteiger partial charge in [-0.05, 0) is 36.6 Å². The molecular weight excluding hydrogens is 347 g/mol. The molecule has 2 N–H and O–H groups in total. The summed E-state index contributed by atoms with van der Waals surface area (Å²) in [6, 6.07) is 8.24. The van der Waals surface area contributed by atoms with Crippen LogP contribution in [0.4, 0.5) is 15.9 Å². The number of hydrogen-bond acceptors (Lipinski definition) is 6. The predicted molar refractivity (Wildman–Crippen MR) is 100.0 cm³/mol. The second-order valence-corrected chi connectivity index (χ2v) is 6.51. The Morgan fingerprint density at radius 2 is 1.85 bits per heavy atom. The van der Waals surface area contributed by atoms with Crippen LogP contribution in [0.1, 0.15) is 18.4 Å². The molecule has 1 saturated heterocycles. The number of piperidine rings is 1. The highest BCUT2D eigenvalue weighted by molar-refractivity contribution is 5.70. The molecule has 140 valence electrons. The molecule has 0 amide bonds. The molecule has 1 aliphatic rings. The minimum absolute atomic E-state index is 0.167. The molecule has 4 rings (SSSR count). The van der Waals surface area contributed by atoms with Gasteiger partial charge in [-0.3, -0.25) is 0 Å². The Bertz CT molecular complexity index is 876. The molecule has 7 nitrogen and oxygen atoms in total. The standard InChI is InChI=1S/C19H21FN6O/c20-15-4-2-14(3-5-15)12-27-16-6-10-25(11-7-16)18-17(21)19(23-13-22-18)26-9-1-8-24-26/h1-5,8-9,13,16H,6-7,10-12,21H2. The van der Waals surface area contributed by atoms with Crippen LogP contribution in [-0.2, 0) is 11.3 Å². The number of ether oxygens (including phenoxy) is 1. The number of hydrogen-bond donors (Lipinski definition) is 1. The number of nitrogens with zero attached hydrogens (tertiary/aromatic N) is 5. The number of benzene rings is 1. The summed E-state index contributed by atoms with van der Waals surface area (Å²) < 4.78 is 20.6. The molecule has 0 unspecified atom stereocenters. The van der Waals surface area contributed by atoms with Crippen molar-refractivity contribution >= 4 is 11.5 Å². The fourth-order valence-corrected chi connectivity index (χ4v) is 3.23. The first kappa shape index (κ1) is 17.4. The van der Waals surface area contributed by atoms with Crippen LogP contribution in [0.15, 0.2) is 49.1 Å². The van der Waals surface area contributed by atoms with Crippen LogP contribution < -0.4 is 10.6 Å². The van der Waals surface area contributed by atoms with Crippen molar-refractivity contribution in [2.24, 2.45) is 0 Å². The smallest absolute Gasteiger partial charge is 0.181 e. The van der Waals surface area contributed by atoms with Gasteiger partial charge in [0.25, 0.3) is 0 Å². The van der Waals surface area contributed by atoms with Crippen molar-refractivity contribution in [1.82, 2.24) is 19.7 Å². The van der Waals surface area contributed by atoms with E-state index in [4.69, 9.17) is 10.5 Å². The molecule has 1 fully saturated rings. The highest BCUT2D eigenvalue weighted by atomic mass is 19.1. The third kappa shape index (κ3) is 3.90. The highest BCUT2D eigenvalue weighted by Crippen LogP contribution is 2.28. The molecule has 0 aliphatic carbocycles.